The topological polar surface area (TPSA) is 34.1 Å². The molecule has 0 saturated heterocycles. The van der Waals surface area contributed by atoms with Crippen molar-refractivity contribution in [2.45, 2.75) is 25.4 Å². The van der Waals surface area contributed by atoms with E-state index in [0.717, 1.165) is 0 Å². The average molecular weight is 227 g/mol. The Morgan fingerprint density at radius 1 is 1.29 bits per heavy atom. The first-order valence-electron chi connectivity index (χ1n) is 3.87. The molecule has 0 aromatic carbocycles. The van der Waals surface area contributed by atoms with Gasteiger partial charge in [0.25, 0.3) is 5.78 Å². The molecule has 1 rings (SSSR count). The van der Waals surface area contributed by atoms with Gasteiger partial charge in [-0.3, -0.25) is 9.59 Å². The molecule has 0 unspecified atom stereocenters. The summed E-state index contributed by atoms with van der Waals surface area (Å²) in [6, 6.07) is 0. The molecule has 0 spiro atoms. The number of hydrogen-bond acceptors (Lipinski definition) is 2. The summed E-state index contributed by atoms with van der Waals surface area (Å²) in [5.41, 5.74) is -0.884. The molecule has 0 heterocycles. The van der Waals surface area contributed by atoms with Gasteiger partial charge in [0.15, 0.2) is 5.78 Å². The maximum Gasteiger partial charge on any atom is 0.455 e. The van der Waals surface area contributed by atoms with Crippen LogP contribution < -0.4 is 0 Å². The Labute approximate surface area is 82.7 Å². The summed E-state index contributed by atoms with van der Waals surface area (Å²) in [4.78, 5) is 21.8. The molecule has 2 nitrogen and oxygen atoms in total. The van der Waals surface area contributed by atoms with Gasteiger partial charge in [-0.1, -0.05) is 11.6 Å². The molecule has 1 aliphatic rings. The summed E-state index contributed by atoms with van der Waals surface area (Å²) in [6.07, 6.45) is -4.52. The highest BCUT2D eigenvalue weighted by Crippen LogP contribution is 2.30. The molecule has 0 saturated carbocycles. The van der Waals surface area contributed by atoms with Crippen molar-refractivity contribution >= 4 is 23.2 Å². The van der Waals surface area contributed by atoms with Crippen LogP contribution >= 0.6 is 11.6 Å². The zero-order valence-corrected chi connectivity index (χ0v) is 7.71. The third kappa shape index (κ3) is 2.15. The number of Topliss-reactive ketones (excluding diaryl/α,β-unsaturated/α-hetero) is 2. The summed E-state index contributed by atoms with van der Waals surface area (Å²) in [5.74, 6) is -2.95. The van der Waals surface area contributed by atoms with Crippen LogP contribution in [0.2, 0.25) is 0 Å². The number of hydrogen-bond donors (Lipinski definition) is 0. The van der Waals surface area contributed by atoms with Crippen molar-refractivity contribution in [2.75, 3.05) is 0 Å². The Morgan fingerprint density at radius 2 is 1.86 bits per heavy atom. The number of allylic oxidation sites excluding steroid dienone is 2. The van der Waals surface area contributed by atoms with Crippen LogP contribution in [0.3, 0.4) is 0 Å². The van der Waals surface area contributed by atoms with Gasteiger partial charge in [0.05, 0.1) is 5.57 Å². The van der Waals surface area contributed by atoms with E-state index < -0.39 is 23.3 Å². The molecule has 0 bridgehead atoms. The van der Waals surface area contributed by atoms with Gasteiger partial charge in [0.1, 0.15) is 0 Å². The Bertz CT molecular complexity index is 317. The van der Waals surface area contributed by atoms with E-state index in [-0.39, 0.29) is 17.9 Å². The first kappa shape index (κ1) is 11.2. The number of carbonyl (C=O) groups excluding carboxylic acids is 2. The third-order valence-electron chi connectivity index (χ3n) is 1.83. The van der Waals surface area contributed by atoms with Crippen molar-refractivity contribution in [2.24, 2.45) is 0 Å². The van der Waals surface area contributed by atoms with Gasteiger partial charge >= 0.3 is 6.18 Å². The van der Waals surface area contributed by atoms with Crippen molar-refractivity contribution in [3.05, 3.63) is 10.6 Å². The van der Waals surface area contributed by atoms with Crippen LogP contribution in [-0.2, 0) is 9.59 Å². The zero-order valence-electron chi connectivity index (χ0n) is 6.95. The van der Waals surface area contributed by atoms with Crippen molar-refractivity contribution in [3.63, 3.8) is 0 Å². The largest absolute Gasteiger partial charge is 0.455 e. The quantitative estimate of drug-likeness (QED) is 0.644. The summed E-state index contributed by atoms with van der Waals surface area (Å²) >= 11 is 5.42. The van der Waals surface area contributed by atoms with E-state index in [9.17, 15) is 22.8 Å². The van der Waals surface area contributed by atoms with Gasteiger partial charge in [0.2, 0.25) is 0 Å². The van der Waals surface area contributed by atoms with Crippen molar-refractivity contribution in [1.29, 1.82) is 0 Å². The molecule has 6 heteroatoms. The molecular formula is C8H6ClF3O2. The molecule has 0 aromatic heterocycles. The fourth-order valence-corrected chi connectivity index (χ4v) is 1.52. The van der Waals surface area contributed by atoms with Crippen LogP contribution in [0.5, 0.6) is 0 Å². The second kappa shape index (κ2) is 3.73. The zero-order chi connectivity index (χ0) is 10.9. The normalized spacial score (nSPS) is 18.7. The third-order valence-corrected chi connectivity index (χ3v) is 2.21. The summed E-state index contributed by atoms with van der Waals surface area (Å²) in [5, 5.41) is -0.274. The molecule has 0 amide bonds. The first-order chi connectivity index (χ1) is 6.34. The Hall–Kier alpha value is -0.840. The van der Waals surface area contributed by atoms with Crippen molar-refractivity contribution < 1.29 is 22.8 Å². The SMILES string of the molecule is O=C1CCCC(Cl)=C1C(=O)C(F)(F)F. The van der Waals surface area contributed by atoms with E-state index in [1.165, 1.54) is 0 Å². The lowest BCUT2D eigenvalue weighted by Gasteiger charge is -2.14. The van der Waals surface area contributed by atoms with Crippen LogP contribution in [0.4, 0.5) is 13.2 Å². The van der Waals surface area contributed by atoms with E-state index in [1.54, 1.807) is 0 Å². The van der Waals surface area contributed by atoms with Crippen LogP contribution in [0, 0.1) is 0 Å². The summed E-state index contributed by atoms with van der Waals surface area (Å²) in [6.45, 7) is 0. The molecule has 0 radical (unpaired) electrons. The molecule has 0 aliphatic heterocycles. The van der Waals surface area contributed by atoms with E-state index in [2.05, 4.69) is 0 Å². The fraction of sp³-hybridized carbons (Fsp3) is 0.500. The van der Waals surface area contributed by atoms with Gasteiger partial charge in [-0.15, -0.1) is 0 Å². The second-order valence-corrected chi connectivity index (χ2v) is 3.34. The van der Waals surface area contributed by atoms with Gasteiger partial charge in [-0.2, -0.15) is 13.2 Å². The molecule has 1 aliphatic carbocycles. The molecule has 78 valence electrons. The van der Waals surface area contributed by atoms with E-state index >= 15 is 0 Å². The van der Waals surface area contributed by atoms with Gasteiger partial charge < -0.3 is 0 Å². The summed E-state index contributed by atoms with van der Waals surface area (Å²) in [7, 11) is 0. The lowest BCUT2D eigenvalue weighted by molar-refractivity contribution is -0.167. The molecular weight excluding hydrogens is 221 g/mol. The minimum Gasteiger partial charge on any atom is -0.294 e. The number of ketones is 2. The fourth-order valence-electron chi connectivity index (χ4n) is 1.20. The number of alkyl halides is 3. The van der Waals surface area contributed by atoms with Gasteiger partial charge in [-0.05, 0) is 12.8 Å². The second-order valence-electron chi connectivity index (χ2n) is 2.88. The average Bonchev–Trinajstić information content (AvgIpc) is 2.01. The monoisotopic (exact) mass is 226 g/mol. The first-order valence-corrected chi connectivity index (χ1v) is 4.25. The maximum atomic E-state index is 12.0. The molecule has 0 atom stereocenters. The van der Waals surface area contributed by atoms with Gasteiger partial charge in [-0.25, -0.2) is 0 Å². The van der Waals surface area contributed by atoms with Crippen molar-refractivity contribution in [1.82, 2.24) is 0 Å². The Kier molecular flexibility index (Phi) is 2.99. The molecule has 14 heavy (non-hydrogen) atoms. The minimum absolute atomic E-state index is 0.0482. The van der Waals surface area contributed by atoms with Crippen LogP contribution in [-0.4, -0.2) is 17.7 Å². The lowest BCUT2D eigenvalue weighted by atomic mass is 9.94. The maximum absolute atomic E-state index is 12.0. The highest BCUT2D eigenvalue weighted by Gasteiger charge is 2.44. The molecule has 0 N–H and O–H groups in total. The molecule has 0 aromatic rings. The summed E-state index contributed by atoms with van der Waals surface area (Å²) < 4.78 is 36.0. The smallest absolute Gasteiger partial charge is 0.294 e. The van der Waals surface area contributed by atoms with E-state index in [0.29, 0.717) is 6.42 Å². The Balaban J connectivity index is 3.07. The molecule has 0 fully saturated rings. The van der Waals surface area contributed by atoms with Crippen LogP contribution in [0.25, 0.3) is 0 Å². The lowest BCUT2D eigenvalue weighted by Crippen LogP contribution is -2.30. The van der Waals surface area contributed by atoms with Gasteiger partial charge in [0, 0.05) is 11.5 Å². The predicted molar refractivity (Wildman–Crippen MR) is 42.8 cm³/mol. The number of halogens is 4. The minimum atomic E-state index is -5.03. The standard InChI is InChI=1S/C8H6ClF3O2/c9-4-2-1-3-5(13)6(4)7(14)8(10,11)12/h1-3H2. The van der Waals surface area contributed by atoms with E-state index in [4.69, 9.17) is 11.6 Å². The number of carbonyl (C=O) groups is 2. The van der Waals surface area contributed by atoms with Crippen LogP contribution in [0.1, 0.15) is 19.3 Å². The highest BCUT2D eigenvalue weighted by atomic mass is 35.5. The number of rotatable bonds is 1. The van der Waals surface area contributed by atoms with Crippen molar-refractivity contribution in [3.8, 4) is 0 Å². The van der Waals surface area contributed by atoms with Crippen LogP contribution in [0.15, 0.2) is 10.6 Å². The predicted octanol–water partition coefficient (Wildman–Crippen LogP) is 2.36. The Morgan fingerprint density at radius 3 is 2.29 bits per heavy atom. The van der Waals surface area contributed by atoms with E-state index in [1.807, 2.05) is 0 Å². The highest BCUT2D eigenvalue weighted by molar-refractivity contribution is 6.37.